The third-order valence-electron chi connectivity index (χ3n) is 2.01. The topological polar surface area (TPSA) is 35.2 Å². The van der Waals surface area contributed by atoms with Crippen molar-refractivity contribution in [3.63, 3.8) is 0 Å². The Labute approximate surface area is 94.0 Å². The maximum Gasteiger partial charge on any atom is 0.123 e. The average molecular weight is 234 g/mol. The SMILES string of the molecule is COc1ccc(Cl)cc1C(N)CCCl. The number of hydrogen-bond acceptors (Lipinski definition) is 2. The first kappa shape index (κ1) is 11.6. The Morgan fingerprint density at radius 3 is 2.79 bits per heavy atom. The molecule has 0 aliphatic rings. The lowest BCUT2D eigenvalue weighted by molar-refractivity contribution is 0.405. The smallest absolute Gasteiger partial charge is 0.123 e. The van der Waals surface area contributed by atoms with Crippen molar-refractivity contribution in [1.82, 2.24) is 0 Å². The van der Waals surface area contributed by atoms with Gasteiger partial charge >= 0.3 is 0 Å². The zero-order valence-electron chi connectivity index (χ0n) is 7.97. The summed E-state index contributed by atoms with van der Waals surface area (Å²) in [4.78, 5) is 0. The molecule has 0 bridgehead atoms. The summed E-state index contributed by atoms with van der Waals surface area (Å²) in [7, 11) is 1.61. The Balaban J connectivity index is 2.97. The summed E-state index contributed by atoms with van der Waals surface area (Å²) in [5, 5.41) is 0.658. The van der Waals surface area contributed by atoms with Crippen LogP contribution in [-0.4, -0.2) is 13.0 Å². The summed E-state index contributed by atoms with van der Waals surface area (Å²) in [6.45, 7) is 0. The van der Waals surface area contributed by atoms with Crippen LogP contribution in [0.15, 0.2) is 18.2 Å². The minimum atomic E-state index is -0.124. The molecule has 0 aliphatic carbocycles. The molecule has 0 radical (unpaired) electrons. The average Bonchev–Trinajstić information content (AvgIpc) is 2.18. The van der Waals surface area contributed by atoms with E-state index in [4.69, 9.17) is 33.7 Å². The molecule has 0 fully saturated rings. The van der Waals surface area contributed by atoms with E-state index in [9.17, 15) is 0 Å². The van der Waals surface area contributed by atoms with E-state index in [1.807, 2.05) is 12.1 Å². The van der Waals surface area contributed by atoms with Crippen molar-refractivity contribution in [2.24, 2.45) is 5.73 Å². The highest BCUT2D eigenvalue weighted by Gasteiger charge is 2.11. The minimum Gasteiger partial charge on any atom is -0.496 e. The summed E-state index contributed by atoms with van der Waals surface area (Å²) in [5.41, 5.74) is 6.83. The molecule has 14 heavy (non-hydrogen) atoms. The standard InChI is InChI=1S/C10H13Cl2NO/c1-14-10-3-2-7(12)6-8(10)9(13)4-5-11/h2-3,6,9H,4-5,13H2,1H3. The normalized spacial score (nSPS) is 12.6. The lowest BCUT2D eigenvalue weighted by Crippen LogP contribution is -2.12. The van der Waals surface area contributed by atoms with Crippen LogP contribution in [0.5, 0.6) is 5.75 Å². The Morgan fingerprint density at radius 2 is 2.21 bits per heavy atom. The predicted octanol–water partition coefficient (Wildman–Crippen LogP) is 2.98. The summed E-state index contributed by atoms with van der Waals surface area (Å²) in [6.07, 6.45) is 0.707. The second kappa shape index (κ2) is 5.44. The van der Waals surface area contributed by atoms with E-state index in [-0.39, 0.29) is 6.04 Å². The maximum atomic E-state index is 5.93. The van der Waals surface area contributed by atoms with E-state index < -0.39 is 0 Å². The fraction of sp³-hybridized carbons (Fsp3) is 0.400. The van der Waals surface area contributed by atoms with Crippen LogP contribution < -0.4 is 10.5 Å². The van der Waals surface area contributed by atoms with Gasteiger partial charge in [0.25, 0.3) is 0 Å². The Hall–Kier alpha value is -0.440. The largest absolute Gasteiger partial charge is 0.496 e. The number of rotatable bonds is 4. The number of halogens is 2. The zero-order valence-corrected chi connectivity index (χ0v) is 9.48. The van der Waals surface area contributed by atoms with Crippen molar-refractivity contribution >= 4 is 23.2 Å². The molecule has 1 unspecified atom stereocenters. The van der Waals surface area contributed by atoms with Crippen molar-refractivity contribution in [3.05, 3.63) is 28.8 Å². The van der Waals surface area contributed by atoms with Gasteiger partial charge in [0, 0.05) is 22.5 Å². The van der Waals surface area contributed by atoms with Gasteiger partial charge in [-0.25, -0.2) is 0 Å². The van der Waals surface area contributed by atoms with Crippen LogP contribution in [0.25, 0.3) is 0 Å². The van der Waals surface area contributed by atoms with Crippen LogP contribution in [0.1, 0.15) is 18.0 Å². The van der Waals surface area contributed by atoms with Gasteiger partial charge in [-0.3, -0.25) is 0 Å². The quantitative estimate of drug-likeness (QED) is 0.813. The van der Waals surface area contributed by atoms with E-state index in [0.717, 1.165) is 11.3 Å². The minimum absolute atomic E-state index is 0.124. The molecule has 0 amide bonds. The highest BCUT2D eigenvalue weighted by molar-refractivity contribution is 6.30. The summed E-state index contributed by atoms with van der Waals surface area (Å²) in [6, 6.07) is 5.28. The highest BCUT2D eigenvalue weighted by Crippen LogP contribution is 2.28. The Bertz CT molecular complexity index is 304. The van der Waals surface area contributed by atoms with Gasteiger partial charge in [-0.05, 0) is 24.6 Å². The monoisotopic (exact) mass is 233 g/mol. The molecule has 78 valence electrons. The molecule has 0 aromatic heterocycles. The zero-order chi connectivity index (χ0) is 10.6. The third kappa shape index (κ3) is 2.77. The second-order valence-electron chi connectivity index (χ2n) is 2.97. The molecule has 1 aromatic carbocycles. The molecule has 4 heteroatoms. The number of benzene rings is 1. The van der Waals surface area contributed by atoms with Gasteiger partial charge in [0.15, 0.2) is 0 Å². The van der Waals surface area contributed by atoms with E-state index in [1.54, 1.807) is 13.2 Å². The molecule has 2 nitrogen and oxygen atoms in total. The number of methoxy groups -OCH3 is 1. The Kier molecular flexibility index (Phi) is 4.52. The molecule has 2 N–H and O–H groups in total. The van der Waals surface area contributed by atoms with Gasteiger partial charge in [0.2, 0.25) is 0 Å². The third-order valence-corrected chi connectivity index (χ3v) is 2.46. The van der Waals surface area contributed by atoms with E-state index in [2.05, 4.69) is 0 Å². The van der Waals surface area contributed by atoms with Crippen LogP contribution in [-0.2, 0) is 0 Å². The predicted molar refractivity (Wildman–Crippen MR) is 60.3 cm³/mol. The van der Waals surface area contributed by atoms with Crippen LogP contribution in [0.3, 0.4) is 0 Å². The van der Waals surface area contributed by atoms with Gasteiger partial charge in [0.1, 0.15) is 5.75 Å². The van der Waals surface area contributed by atoms with Crippen LogP contribution in [0, 0.1) is 0 Å². The van der Waals surface area contributed by atoms with Crippen molar-refractivity contribution < 1.29 is 4.74 Å². The first-order chi connectivity index (χ1) is 6.69. The van der Waals surface area contributed by atoms with Crippen LogP contribution >= 0.6 is 23.2 Å². The fourth-order valence-corrected chi connectivity index (χ4v) is 1.68. The van der Waals surface area contributed by atoms with Crippen LogP contribution in [0.2, 0.25) is 5.02 Å². The van der Waals surface area contributed by atoms with Gasteiger partial charge in [0.05, 0.1) is 7.11 Å². The van der Waals surface area contributed by atoms with Gasteiger partial charge < -0.3 is 10.5 Å². The summed E-state index contributed by atoms with van der Waals surface area (Å²) < 4.78 is 5.19. The van der Waals surface area contributed by atoms with Crippen molar-refractivity contribution in [2.75, 3.05) is 13.0 Å². The van der Waals surface area contributed by atoms with Gasteiger partial charge in [-0.2, -0.15) is 0 Å². The van der Waals surface area contributed by atoms with Crippen LogP contribution in [0.4, 0.5) is 0 Å². The molecule has 1 aromatic rings. The summed E-state index contributed by atoms with van der Waals surface area (Å²) >= 11 is 11.5. The molecular weight excluding hydrogens is 221 g/mol. The molecular formula is C10H13Cl2NO. The number of hydrogen-bond donors (Lipinski definition) is 1. The van der Waals surface area contributed by atoms with E-state index in [1.165, 1.54) is 0 Å². The Morgan fingerprint density at radius 1 is 1.50 bits per heavy atom. The number of ether oxygens (including phenoxy) is 1. The van der Waals surface area contributed by atoms with Crippen molar-refractivity contribution in [3.8, 4) is 5.75 Å². The van der Waals surface area contributed by atoms with Gasteiger partial charge in [-0.15, -0.1) is 11.6 Å². The van der Waals surface area contributed by atoms with E-state index in [0.29, 0.717) is 17.3 Å². The molecule has 0 saturated carbocycles. The summed E-state index contributed by atoms with van der Waals surface area (Å²) in [5.74, 6) is 1.28. The maximum absolute atomic E-state index is 5.93. The van der Waals surface area contributed by atoms with Crippen molar-refractivity contribution in [2.45, 2.75) is 12.5 Å². The lowest BCUT2D eigenvalue weighted by atomic mass is 10.0. The molecule has 0 aliphatic heterocycles. The second-order valence-corrected chi connectivity index (χ2v) is 3.78. The molecule has 0 heterocycles. The van der Waals surface area contributed by atoms with Gasteiger partial charge in [-0.1, -0.05) is 11.6 Å². The molecule has 0 spiro atoms. The number of alkyl halides is 1. The van der Waals surface area contributed by atoms with E-state index >= 15 is 0 Å². The first-order valence-corrected chi connectivity index (χ1v) is 5.25. The highest BCUT2D eigenvalue weighted by atomic mass is 35.5. The molecule has 0 saturated heterocycles. The molecule has 1 rings (SSSR count). The fourth-order valence-electron chi connectivity index (χ4n) is 1.27. The molecule has 1 atom stereocenters. The number of nitrogens with two attached hydrogens (primary N) is 1. The lowest BCUT2D eigenvalue weighted by Gasteiger charge is -2.14. The first-order valence-electron chi connectivity index (χ1n) is 4.34. The van der Waals surface area contributed by atoms with Crippen molar-refractivity contribution in [1.29, 1.82) is 0 Å².